The molecule has 0 aliphatic rings. The molecule has 0 bridgehead atoms. The lowest BCUT2D eigenvalue weighted by atomic mass is 10.3. The Kier molecular flexibility index (Phi) is 6.87. The van der Waals surface area contributed by atoms with Crippen molar-refractivity contribution >= 4 is 0 Å². The fraction of sp³-hybridized carbons (Fsp3) is 1.00. The maximum atomic E-state index is 12.1. The second-order valence-electron chi connectivity index (χ2n) is 3.77. The molecular formula is C9H19F3N2O. The van der Waals surface area contributed by atoms with Crippen molar-refractivity contribution in [2.45, 2.75) is 12.6 Å². The third kappa shape index (κ3) is 9.96. The number of aliphatic hydroxyl groups excluding tert-OH is 1. The van der Waals surface area contributed by atoms with Crippen LogP contribution in [0.3, 0.4) is 0 Å². The Bertz CT molecular complexity index is 162. The first kappa shape index (κ1) is 14.7. The molecule has 0 saturated heterocycles. The van der Waals surface area contributed by atoms with Gasteiger partial charge in [0.1, 0.15) is 0 Å². The maximum absolute atomic E-state index is 12.1. The molecule has 1 N–H and O–H groups in total. The average Bonchev–Trinajstić information content (AvgIpc) is 2.00. The number of rotatable bonds is 7. The summed E-state index contributed by atoms with van der Waals surface area (Å²) in [5.41, 5.74) is 0. The van der Waals surface area contributed by atoms with E-state index in [1.54, 1.807) is 0 Å². The highest BCUT2D eigenvalue weighted by Gasteiger charge is 2.30. The Morgan fingerprint density at radius 2 is 1.67 bits per heavy atom. The monoisotopic (exact) mass is 228 g/mol. The van der Waals surface area contributed by atoms with Gasteiger partial charge in [0.15, 0.2) is 0 Å². The van der Waals surface area contributed by atoms with Gasteiger partial charge in [0.2, 0.25) is 0 Å². The van der Waals surface area contributed by atoms with Gasteiger partial charge in [0, 0.05) is 6.54 Å². The zero-order chi connectivity index (χ0) is 11.9. The molecule has 0 spiro atoms. The minimum Gasteiger partial charge on any atom is -0.395 e. The Hall–Kier alpha value is -0.330. The quantitative estimate of drug-likeness (QED) is 0.698. The van der Waals surface area contributed by atoms with Crippen molar-refractivity contribution in [2.24, 2.45) is 0 Å². The van der Waals surface area contributed by atoms with Gasteiger partial charge in [-0.3, -0.25) is 4.90 Å². The molecule has 92 valence electrons. The molecule has 0 radical (unpaired) electrons. The van der Waals surface area contributed by atoms with Crippen LogP contribution < -0.4 is 0 Å². The van der Waals surface area contributed by atoms with Crippen molar-refractivity contribution in [2.75, 3.05) is 46.9 Å². The minimum absolute atomic E-state index is 0.0763. The molecule has 0 fully saturated rings. The normalized spacial score (nSPS) is 12.8. The van der Waals surface area contributed by atoms with Crippen LogP contribution in [0.15, 0.2) is 0 Å². The van der Waals surface area contributed by atoms with Gasteiger partial charge in [-0.15, -0.1) is 0 Å². The van der Waals surface area contributed by atoms with Crippen LogP contribution in [-0.2, 0) is 0 Å². The van der Waals surface area contributed by atoms with Gasteiger partial charge in [-0.1, -0.05) is 0 Å². The summed E-state index contributed by atoms with van der Waals surface area (Å²) in [6.07, 6.45) is -3.52. The van der Waals surface area contributed by atoms with E-state index in [1.807, 2.05) is 19.0 Å². The molecule has 0 aliphatic heterocycles. The number of aliphatic hydroxyl groups is 1. The predicted molar refractivity (Wildman–Crippen MR) is 52.8 cm³/mol. The molecule has 15 heavy (non-hydrogen) atoms. The second-order valence-corrected chi connectivity index (χ2v) is 3.77. The van der Waals surface area contributed by atoms with Gasteiger partial charge in [-0.2, -0.15) is 13.2 Å². The van der Waals surface area contributed by atoms with E-state index < -0.39 is 12.7 Å². The largest absolute Gasteiger partial charge is 0.401 e. The van der Waals surface area contributed by atoms with E-state index in [0.717, 1.165) is 6.54 Å². The van der Waals surface area contributed by atoms with Gasteiger partial charge in [0.25, 0.3) is 0 Å². The van der Waals surface area contributed by atoms with E-state index in [-0.39, 0.29) is 13.2 Å². The fourth-order valence-electron chi connectivity index (χ4n) is 1.28. The van der Waals surface area contributed by atoms with Crippen molar-refractivity contribution < 1.29 is 18.3 Å². The highest BCUT2D eigenvalue weighted by atomic mass is 19.4. The third-order valence-corrected chi connectivity index (χ3v) is 1.90. The van der Waals surface area contributed by atoms with Crippen LogP contribution in [0, 0.1) is 0 Å². The topological polar surface area (TPSA) is 26.7 Å². The standard InChI is InChI=1S/C9H19F3N2O/c1-13(2)4-3-5-14(6-7-15)8-9(10,11)12/h15H,3-8H2,1-2H3. The van der Waals surface area contributed by atoms with Crippen molar-refractivity contribution in [3.63, 3.8) is 0 Å². The highest BCUT2D eigenvalue weighted by molar-refractivity contribution is 4.63. The van der Waals surface area contributed by atoms with Gasteiger partial charge >= 0.3 is 6.18 Å². The summed E-state index contributed by atoms with van der Waals surface area (Å²) in [6.45, 7) is 0.00398. The molecule has 0 heterocycles. The zero-order valence-corrected chi connectivity index (χ0v) is 9.22. The molecule has 0 aromatic rings. The summed E-state index contributed by atoms with van der Waals surface area (Å²) < 4.78 is 36.2. The first-order valence-electron chi connectivity index (χ1n) is 4.90. The lowest BCUT2D eigenvalue weighted by Crippen LogP contribution is -2.37. The molecule has 0 aromatic heterocycles. The average molecular weight is 228 g/mol. The van der Waals surface area contributed by atoms with Crippen LogP contribution in [0.4, 0.5) is 13.2 Å². The van der Waals surface area contributed by atoms with Gasteiger partial charge in [-0.25, -0.2) is 0 Å². The first-order valence-corrected chi connectivity index (χ1v) is 4.90. The Morgan fingerprint density at radius 3 is 2.07 bits per heavy atom. The van der Waals surface area contributed by atoms with E-state index in [9.17, 15) is 13.2 Å². The fourth-order valence-corrected chi connectivity index (χ4v) is 1.28. The van der Waals surface area contributed by atoms with Crippen molar-refractivity contribution in [3.05, 3.63) is 0 Å². The molecule has 0 aliphatic carbocycles. The Morgan fingerprint density at radius 1 is 1.07 bits per heavy atom. The molecule has 0 rings (SSSR count). The third-order valence-electron chi connectivity index (χ3n) is 1.90. The summed E-state index contributed by atoms with van der Waals surface area (Å²) >= 11 is 0. The summed E-state index contributed by atoms with van der Waals surface area (Å²) in [4.78, 5) is 3.15. The first-order chi connectivity index (χ1) is 6.85. The smallest absolute Gasteiger partial charge is 0.395 e. The lowest BCUT2D eigenvalue weighted by Gasteiger charge is -2.23. The SMILES string of the molecule is CN(C)CCCN(CCO)CC(F)(F)F. The molecule has 0 aromatic carbocycles. The Labute approximate surface area is 88.5 Å². The summed E-state index contributed by atoms with van der Waals surface area (Å²) in [7, 11) is 3.75. The van der Waals surface area contributed by atoms with E-state index in [4.69, 9.17) is 5.11 Å². The molecular weight excluding hydrogens is 209 g/mol. The molecule has 0 atom stereocenters. The molecule has 3 nitrogen and oxygen atoms in total. The molecule has 0 unspecified atom stereocenters. The number of halogens is 3. The van der Waals surface area contributed by atoms with Crippen LogP contribution in [-0.4, -0.2) is 68.0 Å². The van der Waals surface area contributed by atoms with Gasteiger partial charge in [-0.05, 0) is 33.6 Å². The van der Waals surface area contributed by atoms with Crippen molar-refractivity contribution in [3.8, 4) is 0 Å². The second kappa shape index (κ2) is 7.03. The predicted octanol–water partition coefficient (Wildman–Crippen LogP) is 0.795. The number of nitrogens with zero attached hydrogens (tertiary/aromatic N) is 2. The molecule has 0 amide bonds. The number of alkyl halides is 3. The number of hydrogen-bond donors (Lipinski definition) is 1. The van der Waals surface area contributed by atoms with E-state index in [0.29, 0.717) is 13.0 Å². The minimum atomic E-state index is -4.19. The van der Waals surface area contributed by atoms with Gasteiger partial charge < -0.3 is 10.0 Å². The highest BCUT2D eigenvalue weighted by Crippen LogP contribution is 2.16. The van der Waals surface area contributed by atoms with Crippen LogP contribution in [0.2, 0.25) is 0 Å². The number of hydrogen-bond acceptors (Lipinski definition) is 3. The van der Waals surface area contributed by atoms with E-state index >= 15 is 0 Å². The van der Waals surface area contributed by atoms with Crippen LogP contribution >= 0.6 is 0 Å². The summed E-state index contributed by atoms with van der Waals surface area (Å²) in [5, 5.41) is 8.62. The molecule has 0 saturated carbocycles. The Balaban J connectivity index is 3.83. The van der Waals surface area contributed by atoms with Gasteiger partial charge in [0.05, 0.1) is 13.2 Å². The van der Waals surface area contributed by atoms with Crippen LogP contribution in [0.1, 0.15) is 6.42 Å². The summed E-state index contributed by atoms with van der Waals surface area (Å²) in [6, 6.07) is 0. The van der Waals surface area contributed by atoms with Crippen molar-refractivity contribution in [1.82, 2.24) is 9.80 Å². The lowest BCUT2D eigenvalue weighted by molar-refractivity contribution is -0.146. The summed E-state index contributed by atoms with van der Waals surface area (Å²) in [5.74, 6) is 0. The van der Waals surface area contributed by atoms with Crippen LogP contribution in [0.5, 0.6) is 0 Å². The van der Waals surface area contributed by atoms with E-state index in [2.05, 4.69) is 0 Å². The maximum Gasteiger partial charge on any atom is 0.401 e. The van der Waals surface area contributed by atoms with Crippen LogP contribution in [0.25, 0.3) is 0 Å². The van der Waals surface area contributed by atoms with E-state index in [1.165, 1.54) is 4.90 Å². The molecule has 6 heteroatoms. The zero-order valence-electron chi connectivity index (χ0n) is 9.22. The van der Waals surface area contributed by atoms with Crippen molar-refractivity contribution in [1.29, 1.82) is 0 Å².